The highest BCUT2D eigenvalue weighted by atomic mass is 16.3. The third-order valence-electron chi connectivity index (χ3n) is 7.81. The van der Waals surface area contributed by atoms with E-state index in [1.54, 1.807) is 6.08 Å². The summed E-state index contributed by atoms with van der Waals surface area (Å²) in [7, 11) is 0. The number of unbranched alkanes of at least 4 members (excludes halogenated alkanes) is 22. The van der Waals surface area contributed by atoms with E-state index in [9.17, 15) is 15.0 Å². The lowest BCUT2D eigenvalue weighted by molar-refractivity contribution is -0.123. The molecule has 0 saturated carbocycles. The first-order valence-electron chi connectivity index (χ1n) is 20.5. The average Bonchev–Trinajstić information content (AvgIpc) is 3.01. The molecule has 0 aliphatic rings. The number of rotatable bonds is 32. The molecule has 0 rings (SSSR count). The minimum atomic E-state index is -2.98. The van der Waals surface area contributed by atoms with Crippen LogP contribution in [0.2, 0.25) is 0 Å². The van der Waals surface area contributed by atoms with Crippen LogP contribution in [0.3, 0.4) is 0 Å². The van der Waals surface area contributed by atoms with Gasteiger partial charge in [-0.2, -0.15) is 0 Å². The molecule has 4 heteroatoms. The first kappa shape index (κ1) is 27.9. The van der Waals surface area contributed by atoms with Gasteiger partial charge in [-0.1, -0.05) is 180 Å². The number of hydrogen-bond donors (Lipinski definition) is 3. The van der Waals surface area contributed by atoms with Crippen LogP contribution >= 0.6 is 0 Å². The molecule has 0 aliphatic carbocycles. The topological polar surface area (TPSA) is 69.6 Å². The molecule has 0 spiro atoms. The summed E-state index contributed by atoms with van der Waals surface area (Å²) in [6, 6.07) is -0.697. The van der Waals surface area contributed by atoms with Crippen molar-refractivity contribution in [3.05, 3.63) is 12.2 Å². The molecule has 0 aromatic heterocycles. The van der Waals surface area contributed by atoms with Crippen molar-refractivity contribution in [1.29, 1.82) is 0 Å². The Morgan fingerprint density at radius 2 is 1.18 bits per heavy atom. The van der Waals surface area contributed by atoms with E-state index in [1.807, 2.05) is 6.08 Å². The molecular formula is C36H71NO3. The predicted octanol–water partition coefficient (Wildman–Crippen LogP) is 10.3. The monoisotopic (exact) mass is 573 g/mol. The summed E-state index contributed by atoms with van der Waals surface area (Å²) in [5.41, 5.74) is 0. The van der Waals surface area contributed by atoms with Crippen molar-refractivity contribution in [2.75, 3.05) is 6.61 Å². The van der Waals surface area contributed by atoms with E-state index in [0.29, 0.717) is 12.8 Å². The van der Waals surface area contributed by atoms with Crippen LogP contribution in [0.15, 0.2) is 12.2 Å². The first-order valence-corrected chi connectivity index (χ1v) is 17.0. The van der Waals surface area contributed by atoms with Gasteiger partial charge in [-0.3, -0.25) is 4.79 Å². The molecule has 0 aliphatic heterocycles. The minimum Gasteiger partial charge on any atom is -0.394 e. The van der Waals surface area contributed by atoms with Gasteiger partial charge in [0.15, 0.2) is 0 Å². The fourth-order valence-corrected chi connectivity index (χ4v) is 5.14. The number of aliphatic hydroxyl groups is 2. The predicted molar refractivity (Wildman–Crippen MR) is 175 cm³/mol. The number of carbonyl (C=O) groups excluding carboxylic acids is 1. The molecule has 238 valence electrons. The van der Waals surface area contributed by atoms with Crippen molar-refractivity contribution in [3.63, 3.8) is 0 Å². The standard InChI is InChI=1S/C36H71NO3/c1-3-5-7-9-11-13-15-17-18-20-22-24-26-28-30-32-36(40)37-34(33-38)35(39)31-29-27-25-23-21-19-16-14-12-10-8-6-4-2/h29,31,34-35,38-39H,3-28,30,32-33H2,1-2H3,(H,37,40)/b31-29+/t34-,35+/m0/s1/i2D3,4D2,6D2. The molecule has 1 amide bonds. The van der Waals surface area contributed by atoms with Gasteiger partial charge in [0, 0.05) is 16.0 Å². The third kappa shape index (κ3) is 28.7. The second kappa shape index (κ2) is 32.6. The molecule has 0 radical (unpaired) electrons. The molecule has 0 unspecified atom stereocenters. The van der Waals surface area contributed by atoms with Crippen LogP contribution < -0.4 is 5.32 Å². The lowest BCUT2D eigenvalue weighted by atomic mass is 10.0. The van der Waals surface area contributed by atoms with Crippen molar-refractivity contribution >= 4 is 5.91 Å². The van der Waals surface area contributed by atoms with E-state index < -0.39 is 31.7 Å². The molecule has 40 heavy (non-hydrogen) atoms. The fraction of sp³-hybridized carbons (Fsp3) is 0.917. The van der Waals surface area contributed by atoms with Gasteiger partial charge in [0.1, 0.15) is 0 Å². The van der Waals surface area contributed by atoms with Crippen molar-refractivity contribution < 1.29 is 24.6 Å². The average molecular weight is 573 g/mol. The summed E-state index contributed by atoms with van der Waals surface area (Å²) >= 11 is 0. The Morgan fingerprint density at radius 1 is 0.725 bits per heavy atom. The van der Waals surface area contributed by atoms with Crippen molar-refractivity contribution in [1.82, 2.24) is 5.32 Å². The second-order valence-electron chi connectivity index (χ2n) is 11.6. The number of hydrogen-bond acceptors (Lipinski definition) is 3. The van der Waals surface area contributed by atoms with E-state index in [4.69, 9.17) is 9.60 Å². The Hall–Kier alpha value is -0.870. The van der Waals surface area contributed by atoms with E-state index >= 15 is 0 Å². The number of nitrogens with one attached hydrogen (secondary N) is 1. The maximum absolute atomic E-state index is 12.3. The molecule has 0 fully saturated rings. The van der Waals surface area contributed by atoms with Crippen LogP contribution in [-0.4, -0.2) is 34.9 Å². The second-order valence-corrected chi connectivity index (χ2v) is 11.6. The molecule has 3 N–H and O–H groups in total. The Kier molecular flexibility index (Phi) is 22.8. The van der Waals surface area contributed by atoms with Gasteiger partial charge in [0.25, 0.3) is 0 Å². The number of allylic oxidation sites excluding steroid dienone is 1. The SMILES string of the molecule is [2H]C([2H])([2H])C([2H])([2H])C([2H])([2H])CCCCCCCCCC/C=C/[C@@H](O)[C@H](CO)NC(=O)CCCCCCCCCCCCCCCCC. The van der Waals surface area contributed by atoms with Gasteiger partial charge < -0.3 is 15.5 Å². The summed E-state index contributed by atoms with van der Waals surface area (Å²) in [6.45, 7) is -1.03. The van der Waals surface area contributed by atoms with Crippen LogP contribution in [0.4, 0.5) is 0 Å². The summed E-state index contributed by atoms with van der Waals surface area (Å²) in [6.07, 6.45) is 24.9. The van der Waals surface area contributed by atoms with Gasteiger partial charge in [-0.05, 0) is 19.3 Å². The van der Waals surface area contributed by atoms with Crippen molar-refractivity contribution in [2.45, 2.75) is 206 Å². The smallest absolute Gasteiger partial charge is 0.220 e. The Morgan fingerprint density at radius 3 is 1.65 bits per heavy atom. The summed E-state index contributed by atoms with van der Waals surface area (Å²) in [5.74, 6) is -0.124. The van der Waals surface area contributed by atoms with E-state index in [-0.39, 0.29) is 18.9 Å². The van der Waals surface area contributed by atoms with Gasteiger partial charge in [0.05, 0.1) is 18.8 Å². The zero-order valence-electron chi connectivity index (χ0n) is 33.2. The van der Waals surface area contributed by atoms with Crippen LogP contribution in [0.25, 0.3) is 0 Å². The largest absolute Gasteiger partial charge is 0.394 e. The Labute approximate surface area is 260 Å². The molecule has 0 aromatic carbocycles. The van der Waals surface area contributed by atoms with Gasteiger partial charge in [0.2, 0.25) is 5.91 Å². The van der Waals surface area contributed by atoms with Gasteiger partial charge in [-0.25, -0.2) is 0 Å². The van der Waals surface area contributed by atoms with E-state index in [1.165, 1.54) is 77.0 Å². The maximum Gasteiger partial charge on any atom is 0.220 e. The van der Waals surface area contributed by atoms with Crippen LogP contribution in [0.1, 0.15) is 203 Å². The molecular weight excluding hydrogens is 494 g/mol. The summed E-state index contributed by atoms with van der Waals surface area (Å²) < 4.78 is 52.8. The lowest BCUT2D eigenvalue weighted by Gasteiger charge is -2.20. The maximum atomic E-state index is 12.3. The number of amides is 1. The molecule has 0 heterocycles. The van der Waals surface area contributed by atoms with Crippen LogP contribution in [-0.2, 0) is 4.79 Å². The highest BCUT2D eigenvalue weighted by Gasteiger charge is 2.17. The highest BCUT2D eigenvalue weighted by molar-refractivity contribution is 5.76. The summed E-state index contributed by atoms with van der Waals surface area (Å²) in [4.78, 5) is 12.3. The van der Waals surface area contributed by atoms with Crippen molar-refractivity contribution in [3.8, 4) is 0 Å². The fourth-order valence-electron chi connectivity index (χ4n) is 5.14. The molecule has 2 atom stereocenters. The molecule has 4 nitrogen and oxygen atoms in total. The zero-order valence-corrected chi connectivity index (χ0v) is 26.2. The molecule has 0 saturated heterocycles. The summed E-state index contributed by atoms with van der Waals surface area (Å²) in [5, 5.41) is 22.8. The quantitative estimate of drug-likeness (QED) is 0.0554. The molecule has 0 aromatic rings. The number of carbonyl (C=O) groups is 1. The van der Waals surface area contributed by atoms with Gasteiger partial charge in [-0.15, -0.1) is 0 Å². The lowest BCUT2D eigenvalue weighted by Crippen LogP contribution is -2.45. The molecule has 0 bridgehead atoms. The van der Waals surface area contributed by atoms with Crippen LogP contribution in [0.5, 0.6) is 0 Å². The first-order chi connectivity index (χ1) is 22.3. The number of aliphatic hydroxyl groups excluding tert-OH is 2. The highest BCUT2D eigenvalue weighted by Crippen LogP contribution is 2.14. The Bertz CT molecular complexity index is 778. The Balaban J connectivity index is 3.78. The normalized spacial score (nSPS) is 16.8. The minimum absolute atomic E-state index is 0.100. The third-order valence-corrected chi connectivity index (χ3v) is 7.81. The van der Waals surface area contributed by atoms with Crippen LogP contribution in [0, 0.1) is 0 Å². The van der Waals surface area contributed by atoms with E-state index in [2.05, 4.69) is 12.2 Å². The zero-order chi connectivity index (χ0) is 35.4. The van der Waals surface area contributed by atoms with E-state index in [0.717, 1.165) is 70.6 Å². The van der Waals surface area contributed by atoms with Crippen molar-refractivity contribution in [2.24, 2.45) is 0 Å². The van der Waals surface area contributed by atoms with Gasteiger partial charge >= 0.3 is 0 Å².